The Morgan fingerprint density at radius 3 is 2.80 bits per heavy atom. The van der Waals surface area contributed by atoms with Crippen LogP contribution >= 0.6 is 0 Å². The van der Waals surface area contributed by atoms with Gasteiger partial charge >= 0.3 is 12.1 Å². The van der Waals surface area contributed by atoms with Gasteiger partial charge in [-0.2, -0.15) is 0 Å². The van der Waals surface area contributed by atoms with Crippen LogP contribution in [0.5, 0.6) is 11.8 Å². The molecule has 1 unspecified atom stereocenters. The number of halogens is 1. The molecule has 0 aliphatic carbocycles. The van der Waals surface area contributed by atoms with Gasteiger partial charge in [-0.25, -0.2) is 29.1 Å². The molecule has 35 heavy (non-hydrogen) atoms. The summed E-state index contributed by atoms with van der Waals surface area (Å²) < 4.78 is 22.6. The molecule has 0 saturated carbocycles. The standard InChI is InChI=1S/C24H24FN7O3/c1-13-7-8-27-23(30-13)35-18-6-5-16(10-17(18)25)32-20(15-4-3-9-31(11-15)24(33)34)14(2)19-21(32)22(26)29-12-28-19/h5-8,10,12,15H,3-4,9,11H2,1-2H3,(H,33,34)(H2,26,28,29). The maximum atomic E-state index is 15.2. The van der Waals surface area contributed by atoms with E-state index in [4.69, 9.17) is 10.5 Å². The van der Waals surface area contributed by atoms with Crippen molar-refractivity contribution >= 4 is 22.9 Å². The normalized spacial score (nSPS) is 16.0. The van der Waals surface area contributed by atoms with E-state index in [0.717, 1.165) is 24.1 Å². The third-order valence-electron chi connectivity index (χ3n) is 6.28. The van der Waals surface area contributed by atoms with E-state index in [1.807, 2.05) is 11.5 Å². The summed E-state index contributed by atoms with van der Waals surface area (Å²) in [5, 5.41) is 9.55. The van der Waals surface area contributed by atoms with Crippen LogP contribution in [0.25, 0.3) is 16.7 Å². The first-order valence-electron chi connectivity index (χ1n) is 11.2. The van der Waals surface area contributed by atoms with Gasteiger partial charge in [0.05, 0.1) is 5.52 Å². The SMILES string of the molecule is Cc1ccnc(Oc2ccc(-n3c(C4CCCN(C(=O)O)C4)c(C)c4ncnc(N)c43)cc2F)n1. The molecule has 1 saturated heterocycles. The molecular weight excluding hydrogens is 453 g/mol. The molecule has 11 heteroatoms. The van der Waals surface area contributed by atoms with Gasteiger partial charge in [-0.3, -0.25) is 0 Å². The number of carboxylic acid groups (broad SMARTS) is 1. The highest BCUT2D eigenvalue weighted by Crippen LogP contribution is 2.39. The minimum Gasteiger partial charge on any atom is -0.465 e. The van der Waals surface area contributed by atoms with E-state index in [0.29, 0.717) is 35.5 Å². The zero-order chi connectivity index (χ0) is 24.7. The number of carbonyl (C=O) groups is 1. The Hall–Kier alpha value is -4.28. The summed E-state index contributed by atoms with van der Waals surface area (Å²) in [5.74, 6) is -0.491. The van der Waals surface area contributed by atoms with Crippen molar-refractivity contribution in [3.8, 4) is 17.4 Å². The van der Waals surface area contributed by atoms with Gasteiger partial charge in [0.2, 0.25) is 0 Å². The molecule has 1 atom stereocenters. The van der Waals surface area contributed by atoms with E-state index in [9.17, 15) is 9.90 Å². The van der Waals surface area contributed by atoms with Crippen molar-refractivity contribution in [3.05, 3.63) is 59.6 Å². The fourth-order valence-electron chi connectivity index (χ4n) is 4.71. The second-order valence-electron chi connectivity index (χ2n) is 8.57. The molecule has 4 heterocycles. The Kier molecular flexibility index (Phi) is 5.67. The van der Waals surface area contributed by atoms with E-state index in [1.54, 1.807) is 19.1 Å². The van der Waals surface area contributed by atoms with E-state index in [1.165, 1.54) is 29.6 Å². The lowest BCUT2D eigenvalue weighted by molar-refractivity contribution is 0.130. The molecule has 1 aliphatic heterocycles. The van der Waals surface area contributed by atoms with Crippen LogP contribution in [0.15, 0.2) is 36.8 Å². The lowest BCUT2D eigenvalue weighted by atomic mass is 9.92. The molecule has 3 aromatic heterocycles. The quantitative estimate of drug-likeness (QED) is 0.447. The summed E-state index contributed by atoms with van der Waals surface area (Å²) in [7, 11) is 0. The van der Waals surface area contributed by atoms with Gasteiger partial charge in [-0.05, 0) is 50.5 Å². The first kappa shape index (κ1) is 22.5. The molecule has 1 aromatic carbocycles. The van der Waals surface area contributed by atoms with Crippen molar-refractivity contribution in [3.63, 3.8) is 0 Å². The first-order chi connectivity index (χ1) is 16.8. The van der Waals surface area contributed by atoms with Crippen LogP contribution in [0.1, 0.15) is 35.7 Å². The molecule has 180 valence electrons. The summed E-state index contributed by atoms with van der Waals surface area (Å²) in [5.41, 5.74) is 10.4. The van der Waals surface area contributed by atoms with Gasteiger partial charge in [0.15, 0.2) is 17.4 Å². The zero-order valence-electron chi connectivity index (χ0n) is 19.3. The maximum Gasteiger partial charge on any atom is 0.407 e. The fraction of sp³-hybridized carbons (Fsp3) is 0.292. The van der Waals surface area contributed by atoms with Crippen molar-refractivity contribution in [2.75, 3.05) is 18.8 Å². The van der Waals surface area contributed by atoms with Gasteiger partial charge in [-0.15, -0.1) is 0 Å². The monoisotopic (exact) mass is 477 g/mol. The summed E-state index contributed by atoms with van der Waals surface area (Å²) in [6.45, 7) is 4.52. The van der Waals surface area contributed by atoms with Gasteiger partial charge in [0, 0.05) is 48.3 Å². The second-order valence-corrected chi connectivity index (χ2v) is 8.57. The number of benzene rings is 1. The lowest BCUT2D eigenvalue weighted by Crippen LogP contribution is -2.38. The van der Waals surface area contributed by atoms with Crippen LogP contribution in [0, 0.1) is 19.7 Å². The number of ether oxygens (including phenoxy) is 1. The predicted octanol–water partition coefficient (Wildman–Crippen LogP) is 4.20. The molecule has 0 radical (unpaired) electrons. The summed E-state index contributed by atoms with van der Waals surface area (Å²) >= 11 is 0. The minimum absolute atomic E-state index is 0.0203. The van der Waals surface area contributed by atoms with E-state index >= 15 is 4.39 Å². The fourth-order valence-corrected chi connectivity index (χ4v) is 4.71. The second kappa shape index (κ2) is 8.82. The average Bonchev–Trinajstić information content (AvgIpc) is 3.14. The number of piperidine rings is 1. The number of nitrogen functional groups attached to an aromatic ring is 1. The molecule has 4 aromatic rings. The van der Waals surface area contributed by atoms with E-state index in [-0.39, 0.29) is 23.5 Å². The Balaban J connectivity index is 1.62. The molecule has 1 aliphatic rings. The number of rotatable bonds is 4. The first-order valence-corrected chi connectivity index (χ1v) is 11.2. The van der Waals surface area contributed by atoms with Crippen molar-refractivity contribution in [2.24, 2.45) is 0 Å². The van der Waals surface area contributed by atoms with Crippen molar-refractivity contribution in [1.29, 1.82) is 0 Å². The number of hydrogen-bond acceptors (Lipinski definition) is 7. The molecule has 0 bridgehead atoms. The van der Waals surface area contributed by atoms with Crippen molar-refractivity contribution in [2.45, 2.75) is 32.6 Å². The number of fused-ring (bicyclic) bond motifs is 1. The number of amides is 1. The van der Waals surface area contributed by atoms with Gasteiger partial charge < -0.3 is 25.0 Å². The highest BCUT2D eigenvalue weighted by molar-refractivity contribution is 5.91. The predicted molar refractivity (Wildman–Crippen MR) is 126 cm³/mol. The van der Waals surface area contributed by atoms with Gasteiger partial charge in [0.25, 0.3) is 0 Å². The molecule has 10 nitrogen and oxygen atoms in total. The van der Waals surface area contributed by atoms with Crippen LogP contribution in [0.4, 0.5) is 15.0 Å². The van der Waals surface area contributed by atoms with E-state index in [2.05, 4.69) is 19.9 Å². The maximum absolute atomic E-state index is 15.2. The highest BCUT2D eigenvalue weighted by Gasteiger charge is 2.31. The number of aromatic nitrogens is 5. The summed E-state index contributed by atoms with van der Waals surface area (Å²) in [6.07, 6.45) is 3.47. The molecule has 0 spiro atoms. The van der Waals surface area contributed by atoms with Crippen LogP contribution in [-0.4, -0.2) is 53.7 Å². The topological polar surface area (TPSA) is 132 Å². The number of anilines is 1. The Labute approximate surface area is 200 Å². The third-order valence-corrected chi connectivity index (χ3v) is 6.28. The third kappa shape index (κ3) is 4.09. The van der Waals surface area contributed by atoms with Crippen molar-refractivity contribution in [1.82, 2.24) is 29.4 Å². The summed E-state index contributed by atoms with van der Waals surface area (Å²) in [6, 6.07) is 6.33. The zero-order valence-corrected chi connectivity index (χ0v) is 19.3. The highest BCUT2D eigenvalue weighted by atomic mass is 19.1. The largest absolute Gasteiger partial charge is 0.465 e. The van der Waals surface area contributed by atoms with Crippen LogP contribution in [0.3, 0.4) is 0 Å². The van der Waals surface area contributed by atoms with Gasteiger partial charge in [-0.1, -0.05) is 0 Å². The Morgan fingerprint density at radius 2 is 2.06 bits per heavy atom. The van der Waals surface area contributed by atoms with Gasteiger partial charge in [0.1, 0.15) is 11.8 Å². The average molecular weight is 478 g/mol. The lowest BCUT2D eigenvalue weighted by Gasteiger charge is -2.32. The smallest absolute Gasteiger partial charge is 0.407 e. The molecule has 5 rings (SSSR count). The number of nitrogens with zero attached hydrogens (tertiary/aromatic N) is 6. The number of nitrogens with two attached hydrogens (primary N) is 1. The van der Waals surface area contributed by atoms with Crippen LogP contribution < -0.4 is 10.5 Å². The number of aryl methyl sites for hydroxylation is 2. The summed E-state index contributed by atoms with van der Waals surface area (Å²) in [4.78, 5) is 29.8. The molecular formula is C24H24FN7O3. The Bertz CT molecular complexity index is 1440. The van der Waals surface area contributed by atoms with E-state index < -0.39 is 11.9 Å². The van der Waals surface area contributed by atoms with Crippen molar-refractivity contribution < 1.29 is 19.0 Å². The molecule has 1 amide bonds. The molecule has 1 fully saturated rings. The number of hydrogen-bond donors (Lipinski definition) is 2. The van der Waals surface area contributed by atoms with Crippen LogP contribution in [-0.2, 0) is 0 Å². The van der Waals surface area contributed by atoms with Crippen LogP contribution in [0.2, 0.25) is 0 Å². The minimum atomic E-state index is -0.958. The molecule has 3 N–H and O–H groups in total. The Morgan fingerprint density at radius 1 is 1.23 bits per heavy atom. The number of likely N-dealkylation sites (tertiary alicyclic amines) is 1.